The number of aromatic amines is 1. The third kappa shape index (κ3) is 2.82. The summed E-state index contributed by atoms with van der Waals surface area (Å²) < 4.78 is 1.95. The van der Waals surface area contributed by atoms with Crippen LogP contribution in [-0.4, -0.2) is 39.0 Å². The number of piperidine rings is 1. The van der Waals surface area contributed by atoms with Crippen molar-refractivity contribution in [3.8, 4) is 0 Å². The molecule has 7 heteroatoms. The fourth-order valence-corrected chi connectivity index (χ4v) is 2.75. The van der Waals surface area contributed by atoms with Gasteiger partial charge in [-0.2, -0.15) is 10.2 Å². The number of H-pyrrole nitrogens is 1. The van der Waals surface area contributed by atoms with Crippen molar-refractivity contribution in [2.24, 2.45) is 0 Å². The van der Waals surface area contributed by atoms with Crippen molar-refractivity contribution in [2.45, 2.75) is 32.7 Å². The van der Waals surface area contributed by atoms with Gasteiger partial charge in [-0.1, -0.05) is 0 Å². The maximum Gasteiger partial charge on any atom is 0.259 e. The van der Waals surface area contributed by atoms with E-state index in [9.17, 15) is 4.79 Å². The third-order valence-corrected chi connectivity index (χ3v) is 3.90. The standard InChI is InChI=1S/C14H20N6O/c1-9-13(10(2)19-18-9)14(21)17-11-7-16-20(8-11)12-3-5-15-6-4-12/h7-8,12,15H,3-6H2,1-2H3,(H,17,21)(H,18,19). The molecule has 0 radical (unpaired) electrons. The van der Waals surface area contributed by atoms with Gasteiger partial charge in [0.15, 0.2) is 0 Å². The number of aromatic nitrogens is 4. The van der Waals surface area contributed by atoms with Crippen LogP contribution in [-0.2, 0) is 0 Å². The monoisotopic (exact) mass is 288 g/mol. The lowest BCUT2D eigenvalue weighted by Crippen LogP contribution is -2.29. The molecule has 112 valence electrons. The van der Waals surface area contributed by atoms with Crippen LogP contribution in [0.3, 0.4) is 0 Å². The molecule has 0 aliphatic carbocycles. The van der Waals surface area contributed by atoms with Crippen LogP contribution in [0.1, 0.15) is 40.6 Å². The predicted molar refractivity (Wildman–Crippen MR) is 79.4 cm³/mol. The fraction of sp³-hybridized carbons (Fsp3) is 0.500. The molecular weight excluding hydrogens is 268 g/mol. The van der Waals surface area contributed by atoms with Crippen molar-refractivity contribution in [1.29, 1.82) is 0 Å². The molecule has 2 aromatic heterocycles. The van der Waals surface area contributed by atoms with E-state index in [-0.39, 0.29) is 5.91 Å². The zero-order valence-corrected chi connectivity index (χ0v) is 12.3. The molecule has 0 saturated carbocycles. The molecule has 0 unspecified atom stereocenters. The summed E-state index contributed by atoms with van der Waals surface area (Å²) in [5.74, 6) is -0.149. The topological polar surface area (TPSA) is 87.6 Å². The van der Waals surface area contributed by atoms with Gasteiger partial charge in [0.1, 0.15) is 0 Å². The number of aryl methyl sites for hydroxylation is 2. The minimum atomic E-state index is -0.149. The molecule has 3 N–H and O–H groups in total. The zero-order valence-electron chi connectivity index (χ0n) is 12.3. The van der Waals surface area contributed by atoms with Crippen molar-refractivity contribution in [2.75, 3.05) is 18.4 Å². The van der Waals surface area contributed by atoms with E-state index in [0.717, 1.165) is 37.3 Å². The minimum Gasteiger partial charge on any atom is -0.319 e. The Bertz CT molecular complexity index is 618. The van der Waals surface area contributed by atoms with Gasteiger partial charge in [-0.15, -0.1) is 0 Å². The Hall–Kier alpha value is -2.15. The van der Waals surface area contributed by atoms with Gasteiger partial charge in [-0.25, -0.2) is 0 Å². The Morgan fingerprint density at radius 1 is 1.38 bits per heavy atom. The molecule has 1 aliphatic heterocycles. The van der Waals surface area contributed by atoms with Gasteiger partial charge in [0.05, 0.1) is 29.2 Å². The smallest absolute Gasteiger partial charge is 0.259 e. The van der Waals surface area contributed by atoms with E-state index in [1.807, 2.05) is 24.7 Å². The predicted octanol–water partition coefficient (Wildman–Crippen LogP) is 1.40. The van der Waals surface area contributed by atoms with E-state index in [4.69, 9.17) is 0 Å². The lowest BCUT2D eigenvalue weighted by atomic mass is 10.1. The van der Waals surface area contributed by atoms with Crippen LogP contribution >= 0.6 is 0 Å². The molecule has 0 spiro atoms. The van der Waals surface area contributed by atoms with Gasteiger partial charge >= 0.3 is 0 Å². The Balaban J connectivity index is 1.71. The molecule has 0 aromatic carbocycles. The maximum absolute atomic E-state index is 12.3. The quantitative estimate of drug-likeness (QED) is 0.796. The summed E-state index contributed by atoms with van der Waals surface area (Å²) >= 11 is 0. The second-order valence-electron chi connectivity index (χ2n) is 5.45. The summed E-state index contributed by atoms with van der Waals surface area (Å²) in [6, 6.07) is 0.411. The van der Waals surface area contributed by atoms with Gasteiger partial charge in [-0.3, -0.25) is 14.6 Å². The molecule has 7 nitrogen and oxygen atoms in total. The Kier molecular flexibility index (Phi) is 3.74. The largest absolute Gasteiger partial charge is 0.319 e. The molecule has 3 heterocycles. The summed E-state index contributed by atoms with van der Waals surface area (Å²) in [4.78, 5) is 12.3. The second kappa shape index (κ2) is 5.69. The Morgan fingerprint density at radius 2 is 2.14 bits per heavy atom. The highest BCUT2D eigenvalue weighted by molar-refractivity contribution is 6.05. The lowest BCUT2D eigenvalue weighted by Gasteiger charge is -2.22. The van der Waals surface area contributed by atoms with E-state index in [1.54, 1.807) is 6.20 Å². The molecule has 3 rings (SSSR count). The number of nitrogens with one attached hydrogen (secondary N) is 3. The summed E-state index contributed by atoms with van der Waals surface area (Å²) in [6.07, 6.45) is 5.73. The third-order valence-electron chi connectivity index (χ3n) is 3.90. The molecule has 1 fully saturated rings. The molecule has 1 aliphatic rings. The van der Waals surface area contributed by atoms with Crippen LogP contribution in [0.2, 0.25) is 0 Å². The molecular formula is C14H20N6O. The van der Waals surface area contributed by atoms with Gasteiger partial charge < -0.3 is 10.6 Å². The highest BCUT2D eigenvalue weighted by Crippen LogP contribution is 2.20. The first-order valence-corrected chi connectivity index (χ1v) is 7.23. The number of hydrogen-bond donors (Lipinski definition) is 3. The van der Waals surface area contributed by atoms with Crippen molar-refractivity contribution in [3.05, 3.63) is 29.3 Å². The number of rotatable bonds is 3. The maximum atomic E-state index is 12.3. The molecule has 0 bridgehead atoms. The first kappa shape index (κ1) is 13.8. The fourth-order valence-electron chi connectivity index (χ4n) is 2.75. The van der Waals surface area contributed by atoms with Crippen LogP contribution in [0.15, 0.2) is 12.4 Å². The van der Waals surface area contributed by atoms with E-state index < -0.39 is 0 Å². The number of amides is 1. The van der Waals surface area contributed by atoms with Gasteiger partial charge in [0.2, 0.25) is 0 Å². The first-order chi connectivity index (χ1) is 10.1. The molecule has 1 saturated heterocycles. The number of anilines is 1. The first-order valence-electron chi connectivity index (χ1n) is 7.23. The summed E-state index contributed by atoms with van der Waals surface area (Å²) in [6.45, 7) is 5.68. The number of carbonyl (C=O) groups excluding carboxylic acids is 1. The van der Waals surface area contributed by atoms with Crippen LogP contribution < -0.4 is 10.6 Å². The van der Waals surface area contributed by atoms with E-state index >= 15 is 0 Å². The molecule has 21 heavy (non-hydrogen) atoms. The highest BCUT2D eigenvalue weighted by Gasteiger charge is 2.18. The van der Waals surface area contributed by atoms with Crippen molar-refractivity contribution in [3.63, 3.8) is 0 Å². The number of hydrogen-bond acceptors (Lipinski definition) is 4. The Labute approximate surface area is 123 Å². The number of carbonyl (C=O) groups is 1. The van der Waals surface area contributed by atoms with Gasteiger partial charge in [-0.05, 0) is 39.8 Å². The number of nitrogens with zero attached hydrogens (tertiary/aromatic N) is 3. The highest BCUT2D eigenvalue weighted by atomic mass is 16.1. The minimum absolute atomic E-state index is 0.149. The van der Waals surface area contributed by atoms with Crippen LogP contribution in [0.4, 0.5) is 5.69 Å². The van der Waals surface area contributed by atoms with Gasteiger partial charge in [0.25, 0.3) is 5.91 Å². The van der Waals surface area contributed by atoms with Crippen LogP contribution in [0, 0.1) is 13.8 Å². The zero-order chi connectivity index (χ0) is 14.8. The average molecular weight is 288 g/mol. The summed E-state index contributed by atoms with van der Waals surface area (Å²) in [5.41, 5.74) is 2.80. The average Bonchev–Trinajstić information content (AvgIpc) is 3.07. The lowest BCUT2D eigenvalue weighted by molar-refractivity contribution is 0.102. The van der Waals surface area contributed by atoms with E-state index in [1.165, 1.54) is 0 Å². The van der Waals surface area contributed by atoms with E-state index in [0.29, 0.717) is 17.3 Å². The SMILES string of the molecule is Cc1n[nH]c(C)c1C(=O)Nc1cnn(C2CCNCC2)c1. The summed E-state index contributed by atoms with van der Waals surface area (Å²) in [7, 11) is 0. The van der Waals surface area contributed by atoms with Crippen molar-refractivity contribution in [1.82, 2.24) is 25.3 Å². The summed E-state index contributed by atoms with van der Waals surface area (Å²) in [5, 5.41) is 17.5. The molecule has 2 aromatic rings. The van der Waals surface area contributed by atoms with Crippen molar-refractivity contribution < 1.29 is 4.79 Å². The van der Waals surface area contributed by atoms with Crippen LogP contribution in [0.25, 0.3) is 0 Å². The van der Waals surface area contributed by atoms with Gasteiger partial charge in [0, 0.05) is 11.9 Å². The molecule has 0 atom stereocenters. The van der Waals surface area contributed by atoms with Crippen molar-refractivity contribution >= 4 is 11.6 Å². The second-order valence-corrected chi connectivity index (χ2v) is 5.45. The molecule has 1 amide bonds. The Morgan fingerprint density at radius 3 is 2.81 bits per heavy atom. The van der Waals surface area contributed by atoms with E-state index in [2.05, 4.69) is 25.9 Å². The van der Waals surface area contributed by atoms with Crippen LogP contribution in [0.5, 0.6) is 0 Å². The normalized spacial score (nSPS) is 16.1.